The number of aromatic hydroxyl groups is 1. The van der Waals surface area contributed by atoms with E-state index >= 15 is 0 Å². The van der Waals surface area contributed by atoms with E-state index in [2.05, 4.69) is 9.72 Å². The lowest BCUT2D eigenvalue weighted by Gasteiger charge is -2.11. The van der Waals surface area contributed by atoms with Crippen LogP contribution in [0.3, 0.4) is 0 Å². The first kappa shape index (κ1) is 12.5. The quantitative estimate of drug-likeness (QED) is 0.719. The molecule has 1 heterocycles. The molecular formula is C8H9F3N2O3. The summed E-state index contributed by atoms with van der Waals surface area (Å²) in [6, 6.07) is 0.863. The zero-order valence-electron chi connectivity index (χ0n) is 7.95. The third-order valence-corrected chi connectivity index (χ3v) is 1.71. The second kappa shape index (κ2) is 4.54. The highest BCUT2D eigenvalue weighted by molar-refractivity contribution is 5.39. The third kappa shape index (κ3) is 2.97. The number of ether oxygens (including phenoxy) is 1. The molecule has 1 aromatic rings. The van der Waals surface area contributed by atoms with Crippen molar-refractivity contribution < 1.29 is 28.1 Å². The van der Waals surface area contributed by atoms with Crippen LogP contribution in [-0.2, 0) is 13.2 Å². The Labute approximate surface area is 88.3 Å². The minimum Gasteiger partial charge on any atom is -0.506 e. The summed E-state index contributed by atoms with van der Waals surface area (Å²) in [6.07, 6.45) is -4.89. The van der Waals surface area contributed by atoms with E-state index in [-0.39, 0.29) is 17.8 Å². The molecule has 0 spiro atoms. The van der Waals surface area contributed by atoms with Crippen LogP contribution < -0.4 is 10.5 Å². The largest absolute Gasteiger partial charge is 0.574 e. The first-order valence-corrected chi connectivity index (χ1v) is 4.15. The summed E-state index contributed by atoms with van der Waals surface area (Å²) in [5.74, 6) is -1.20. The number of hydrogen-bond acceptors (Lipinski definition) is 5. The van der Waals surface area contributed by atoms with E-state index < -0.39 is 24.6 Å². The van der Waals surface area contributed by atoms with Gasteiger partial charge in [-0.25, -0.2) is 4.98 Å². The lowest BCUT2D eigenvalue weighted by atomic mass is 10.2. The van der Waals surface area contributed by atoms with Gasteiger partial charge in [0.1, 0.15) is 11.4 Å². The summed E-state index contributed by atoms with van der Waals surface area (Å²) >= 11 is 0. The van der Waals surface area contributed by atoms with Crippen molar-refractivity contribution in [1.29, 1.82) is 0 Å². The first-order chi connectivity index (χ1) is 7.37. The molecule has 16 heavy (non-hydrogen) atoms. The molecule has 5 nitrogen and oxygen atoms in total. The third-order valence-electron chi connectivity index (χ3n) is 1.71. The fourth-order valence-corrected chi connectivity index (χ4v) is 1.06. The average molecular weight is 238 g/mol. The molecule has 0 aromatic carbocycles. The molecule has 0 aliphatic heterocycles. The topological polar surface area (TPSA) is 88.6 Å². The monoisotopic (exact) mass is 238 g/mol. The minimum absolute atomic E-state index is 0.0123. The Morgan fingerprint density at radius 2 is 2.06 bits per heavy atom. The van der Waals surface area contributed by atoms with Crippen LogP contribution >= 0.6 is 0 Å². The van der Waals surface area contributed by atoms with Crippen molar-refractivity contribution in [3.05, 3.63) is 17.3 Å². The predicted molar refractivity (Wildman–Crippen MR) is 46.4 cm³/mol. The fourth-order valence-electron chi connectivity index (χ4n) is 1.06. The number of halogens is 3. The van der Waals surface area contributed by atoms with Gasteiger partial charge in [0.05, 0.1) is 6.61 Å². The van der Waals surface area contributed by atoms with Gasteiger partial charge in [0.25, 0.3) is 0 Å². The van der Waals surface area contributed by atoms with Gasteiger partial charge in [-0.2, -0.15) is 0 Å². The second-order valence-electron chi connectivity index (χ2n) is 2.82. The van der Waals surface area contributed by atoms with Gasteiger partial charge >= 0.3 is 6.36 Å². The minimum atomic E-state index is -4.89. The molecule has 90 valence electrons. The number of rotatable bonds is 3. The average Bonchev–Trinajstić information content (AvgIpc) is 2.18. The lowest BCUT2D eigenvalue weighted by molar-refractivity contribution is -0.276. The van der Waals surface area contributed by atoms with E-state index in [1.807, 2.05) is 0 Å². The van der Waals surface area contributed by atoms with Crippen molar-refractivity contribution in [3.63, 3.8) is 0 Å². The van der Waals surface area contributed by atoms with Gasteiger partial charge in [0.15, 0.2) is 0 Å². The van der Waals surface area contributed by atoms with E-state index in [0.717, 1.165) is 6.07 Å². The summed E-state index contributed by atoms with van der Waals surface area (Å²) in [5.41, 5.74) is 4.90. The standard InChI is InChI=1S/C8H9F3N2O3/c9-8(10,11)16-6-1-4(2-12)7(15)5(3-14)13-6/h1,14-15H,2-3,12H2. The maximum Gasteiger partial charge on any atom is 0.574 e. The molecule has 4 N–H and O–H groups in total. The Morgan fingerprint density at radius 1 is 1.44 bits per heavy atom. The zero-order chi connectivity index (χ0) is 12.3. The van der Waals surface area contributed by atoms with Crippen LogP contribution in [0.4, 0.5) is 13.2 Å². The maximum absolute atomic E-state index is 11.9. The summed E-state index contributed by atoms with van der Waals surface area (Å²) < 4.78 is 39.2. The molecule has 0 bridgehead atoms. The van der Waals surface area contributed by atoms with Gasteiger partial charge in [0.2, 0.25) is 5.88 Å². The van der Waals surface area contributed by atoms with Crippen LogP contribution in [0.15, 0.2) is 6.07 Å². The zero-order valence-corrected chi connectivity index (χ0v) is 7.95. The van der Waals surface area contributed by atoms with Crippen LogP contribution in [0.5, 0.6) is 11.6 Å². The summed E-state index contributed by atoms with van der Waals surface area (Å²) in [7, 11) is 0. The highest BCUT2D eigenvalue weighted by atomic mass is 19.4. The number of aliphatic hydroxyl groups excluding tert-OH is 1. The summed E-state index contributed by atoms with van der Waals surface area (Å²) in [6.45, 7) is -0.913. The molecule has 0 aliphatic carbocycles. The van der Waals surface area contributed by atoms with Crippen molar-refractivity contribution in [1.82, 2.24) is 4.98 Å². The molecule has 1 aromatic heterocycles. The molecule has 0 amide bonds. The van der Waals surface area contributed by atoms with E-state index in [4.69, 9.17) is 10.8 Å². The van der Waals surface area contributed by atoms with Crippen molar-refractivity contribution in [2.45, 2.75) is 19.5 Å². The van der Waals surface area contributed by atoms with Gasteiger partial charge in [-0.15, -0.1) is 13.2 Å². The Balaban J connectivity index is 3.12. The highest BCUT2D eigenvalue weighted by Gasteiger charge is 2.32. The Kier molecular flexibility index (Phi) is 3.55. The molecule has 0 fully saturated rings. The Hall–Kier alpha value is -1.54. The molecular weight excluding hydrogens is 229 g/mol. The number of alkyl halides is 3. The van der Waals surface area contributed by atoms with Crippen molar-refractivity contribution >= 4 is 0 Å². The van der Waals surface area contributed by atoms with Gasteiger partial charge in [0, 0.05) is 18.2 Å². The molecule has 0 unspecified atom stereocenters. The smallest absolute Gasteiger partial charge is 0.506 e. The maximum atomic E-state index is 11.9. The van der Waals surface area contributed by atoms with E-state index in [9.17, 15) is 18.3 Å². The van der Waals surface area contributed by atoms with Crippen LogP contribution in [0, 0.1) is 0 Å². The molecule has 0 aliphatic rings. The van der Waals surface area contributed by atoms with Crippen molar-refractivity contribution in [2.24, 2.45) is 5.73 Å². The van der Waals surface area contributed by atoms with Crippen molar-refractivity contribution in [2.75, 3.05) is 0 Å². The molecule has 0 saturated carbocycles. The van der Waals surface area contributed by atoms with Gasteiger partial charge in [-0.05, 0) is 0 Å². The molecule has 0 atom stereocenters. The van der Waals surface area contributed by atoms with E-state index in [1.54, 1.807) is 0 Å². The Morgan fingerprint density at radius 3 is 2.50 bits per heavy atom. The van der Waals surface area contributed by atoms with Crippen LogP contribution in [0.1, 0.15) is 11.3 Å². The lowest BCUT2D eigenvalue weighted by Crippen LogP contribution is -2.18. The first-order valence-electron chi connectivity index (χ1n) is 4.15. The number of nitrogens with two attached hydrogens (primary N) is 1. The van der Waals surface area contributed by atoms with Crippen LogP contribution in [0.25, 0.3) is 0 Å². The molecule has 8 heteroatoms. The summed E-state index contributed by atoms with van der Waals surface area (Å²) in [5, 5.41) is 18.1. The van der Waals surface area contributed by atoms with Gasteiger partial charge in [-0.3, -0.25) is 0 Å². The summed E-state index contributed by atoms with van der Waals surface area (Å²) in [4.78, 5) is 3.29. The molecule has 0 radical (unpaired) electrons. The van der Waals surface area contributed by atoms with Crippen LogP contribution in [-0.4, -0.2) is 21.6 Å². The molecule has 1 rings (SSSR count). The normalized spacial score (nSPS) is 11.6. The SMILES string of the molecule is NCc1cc(OC(F)(F)F)nc(CO)c1O. The van der Waals surface area contributed by atoms with Gasteiger partial charge in [-0.1, -0.05) is 0 Å². The predicted octanol–water partition coefficient (Wildman–Crippen LogP) is 0.637. The number of pyridine rings is 1. The number of nitrogens with zero attached hydrogens (tertiary/aromatic N) is 1. The van der Waals surface area contributed by atoms with Crippen LogP contribution in [0.2, 0.25) is 0 Å². The molecule has 0 saturated heterocycles. The Bertz CT molecular complexity index is 356. The number of aliphatic hydroxyl groups is 1. The highest BCUT2D eigenvalue weighted by Crippen LogP contribution is 2.28. The van der Waals surface area contributed by atoms with Crippen molar-refractivity contribution in [3.8, 4) is 11.6 Å². The number of hydrogen-bond donors (Lipinski definition) is 3. The van der Waals surface area contributed by atoms with E-state index in [0.29, 0.717) is 0 Å². The number of aromatic nitrogens is 1. The van der Waals surface area contributed by atoms with E-state index in [1.165, 1.54) is 0 Å². The second-order valence-corrected chi connectivity index (χ2v) is 2.82. The van der Waals surface area contributed by atoms with Gasteiger partial charge < -0.3 is 20.7 Å². The fraction of sp³-hybridized carbons (Fsp3) is 0.375.